The van der Waals surface area contributed by atoms with Gasteiger partial charge in [0.05, 0.1) is 39.1 Å². The number of ether oxygens (including phenoxy) is 4. The fraction of sp³-hybridized carbons (Fsp3) is 0.409. The topological polar surface area (TPSA) is 187 Å². The fourth-order valence-electron chi connectivity index (χ4n) is 7.31. The predicted octanol–water partition coefficient (Wildman–Crippen LogP) is 9.33. The molecule has 6 rings (SSSR count). The summed E-state index contributed by atoms with van der Waals surface area (Å²) >= 11 is 9.49. The molecule has 18 heteroatoms. The van der Waals surface area contributed by atoms with Gasteiger partial charge in [0.2, 0.25) is 0 Å². The highest BCUT2D eigenvalue weighted by Crippen LogP contribution is 2.38. The summed E-state index contributed by atoms with van der Waals surface area (Å²) in [6.45, 7) is 0. The third-order valence-corrected chi connectivity index (χ3v) is 14.2. The van der Waals surface area contributed by atoms with Crippen molar-refractivity contribution in [1.82, 2.24) is 10.6 Å². The van der Waals surface area contributed by atoms with E-state index in [-0.39, 0.29) is 67.2 Å². The minimum Gasteiger partial charge on any atom is -0.495 e. The van der Waals surface area contributed by atoms with Crippen LogP contribution in [0.4, 0.5) is 11.4 Å². The summed E-state index contributed by atoms with van der Waals surface area (Å²) in [6, 6.07) is 18.7. The number of carbonyl (C=O) groups is 2. The molecule has 0 radical (unpaired) electrons. The molecule has 4 aromatic carbocycles. The Morgan fingerprint density at radius 3 is 1.39 bits per heavy atom. The second-order valence-electron chi connectivity index (χ2n) is 15.0. The highest BCUT2D eigenvalue weighted by atomic mass is 79.9. The summed E-state index contributed by atoms with van der Waals surface area (Å²) in [5, 5.41) is 6.29. The van der Waals surface area contributed by atoms with Crippen LogP contribution in [-0.4, -0.2) is 69.2 Å². The van der Waals surface area contributed by atoms with Crippen LogP contribution >= 0.6 is 27.5 Å². The number of anilines is 2. The smallest absolute Gasteiger partial charge is 0.265 e. The van der Waals surface area contributed by atoms with Crippen LogP contribution in [0.3, 0.4) is 0 Å². The van der Waals surface area contributed by atoms with E-state index in [2.05, 4.69) is 36.0 Å². The number of halogens is 2. The first-order valence-corrected chi connectivity index (χ1v) is 24.5. The molecule has 0 bridgehead atoms. The molecule has 336 valence electrons. The van der Waals surface area contributed by atoms with E-state index in [1.807, 2.05) is 0 Å². The van der Waals surface area contributed by atoms with Crippen molar-refractivity contribution in [2.75, 3.05) is 37.9 Å². The van der Waals surface area contributed by atoms with Crippen LogP contribution in [0.15, 0.2) is 87.1 Å². The van der Waals surface area contributed by atoms with Gasteiger partial charge in [-0.15, -0.1) is 0 Å². The summed E-state index contributed by atoms with van der Waals surface area (Å²) in [4.78, 5) is 25.3. The normalized spacial score (nSPS) is 15.1. The number of hydrogen-bond acceptors (Lipinski definition) is 10. The van der Waals surface area contributed by atoms with E-state index in [1.54, 1.807) is 36.4 Å². The molecule has 2 amide bonds. The van der Waals surface area contributed by atoms with Crippen molar-refractivity contribution in [3.63, 3.8) is 0 Å². The molecule has 14 nitrogen and oxygen atoms in total. The number of carbonyl (C=O) groups excluding carboxylic acids is 2. The Morgan fingerprint density at radius 2 is 0.968 bits per heavy atom. The molecule has 2 saturated carbocycles. The zero-order valence-corrected chi connectivity index (χ0v) is 39.2. The van der Waals surface area contributed by atoms with Crippen LogP contribution in [0.25, 0.3) is 0 Å². The molecule has 0 aliphatic heterocycles. The van der Waals surface area contributed by atoms with Crippen LogP contribution in [0.2, 0.25) is 5.02 Å². The van der Waals surface area contributed by atoms with Gasteiger partial charge in [0.25, 0.3) is 31.9 Å². The maximum atomic E-state index is 13.3. The van der Waals surface area contributed by atoms with Crippen molar-refractivity contribution < 1.29 is 45.4 Å². The largest absolute Gasteiger partial charge is 0.495 e. The molecular formula is C44H54BrClN4O10S2. The highest BCUT2D eigenvalue weighted by molar-refractivity contribution is 9.10. The summed E-state index contributed by atoms with van der Waals surface area (Å²) in [6.07, 6.45) is 12.8. The standard InChI is InChI=1S/C23H29ClN2O6S.C21H25BrN2O4S/c1-30-19-11-10-15(23(27)25-16-8-6-4-5-7-9-16)12-22(19)33(28,29)26-18-13-17(24)20(31-2)14-21(18)32-3;1-28-19-13-8-15(21(25)23-17-6-4-2-3-5-7-17)14-20(19)29(26,27)24-18-11-9-16(22)10-12-18/h10-14,16,26H,4-9H2,1-3H3,(H,25,27);8-14,17,24H,2-7H2,1H3,(H,23,25). The molecule has 4 N–H and O–H groups in total. The molecular weight excluding hydrogens is 924 g/mol. The van der Waals surface area contributed by atoms with Crippen molar-refractivity contribution in [3.05, 3.63) is 93.4 Å². The molecule has 62 heavy (non-hydrogen) atoms. The van der Waals surface area contributed by atoms with E-state index in [0.717, 1.165) is 55.8 Å². The van der Waals surface area contributed by atoms with Gasteiger partial charge in [0.1, 0.15) is 32.8 Å². The average Bonchev–Trinajstić information content (AvgIpc) is 3.69. The van der Waals surface area contributed by atoms with Crippen molar-refractivity contribution in [3.8, 4) is 23.0 Å². The minimum absolute atomic E-state index is 0.0727. The lowest BCUT2D eigenvalue weighted by atomic mass is 10.1. The Bertz CT molecular complexity index is 2390. The van der Waals surface area contributed by atoms with E-state index >= 15 is 0 Å². The number of benzene rings is 4. The maximum Gasteiger partial charge on any atom is 0.265 e. The van der Waals surface area contributed by atoms with Gasteiger partial charge in [-0.1, -0.05) is 78.9 Å². The number of sulfonamides is 2. The van der Waals surface area contributed by atoms with Gasteiger partial charge in [-0.05, 0) is 92.4 Å². The minimum atomic E-state index is -4.15. The molecule has 4 aromatic rings. The first-order valence-electron chi connectivity index (χ1n) is 20.4. The van der Waals surface area contributed by atoms with Crippen LogP contribution in [0.1, 0.15) is 97.8 Å². The molecule has 0 saturated heterocycles. The monoisotopic (exact) mass is 976 g/mol. The SMILES string of the molecule is COc1cc(OC)c(NS(=O)(=O)c2cc(C(=O)NC3CCCCCC3)ccc2OC)cc1Cl.COc1ccc(C(=O)NC2CCCCCC2)cc1S(=O)(=O)Nc1ccc(Br)cc1. The van der Waals surface area contributed by atoms with Gasteiger partial charge in [0, 0.05) is 39.4 Å². The van der Waals surface area contributed by atoms with Gasteiger partial charge < -0.3 is 29.6 Å². The number of methoxy groups -OCH3 is 4. The Hall–Kier alpha value is -4.71. The number of amides is 2. The maximum absolute atomic E-state index is 13.3. The molecule has 2 fully saturated rings. The Kier molecular flexibility index (Phi) is 17.6. The number of rotatable bonds is 14. The third kappa shape index (κ3) is 13.2. The van der Waals surface area contributed by atoms with E-state index < -0.39 is 20.0 Å². The lowest BCUT2D eigenvalue weighted by Gasteiger charge is -2.18. The molecule has 0 unspecified atom stereocenters. The molecule has 0 spiro atoms. The highest BCUT2D eigenvalue weighted by Gasteiger charge is 2.26. The molecule has 2 aliphatic rings. The van der Waals surface area contributed by atoms with Crippen LogP contribution < -0.4 is 39.0 Å². The zero-order chi connectivity index (χ0) is 44.9. The second kappa shape index (κ2) is 22.6. The van der Waals surface area contributed by atoms with Gasteiger partial charge >= 0.3 is 0 Å². The third-order valence-electron chi connectivity index (χ3n) is 10.6. The van der Waals surface area contributed by atoms with Crippen LogP contribution in [0.5, 0.6) is 23.0 Å². The van der Waals surface area contributed by atoms with E-state index in [0.29, 0.717) is 17.0 Å². The second-order valence-corrected chi connectivity index (χ2v) is 19.6. The van der Waals surface area contributed by atoms with Crippen molar-refractivity contribution in [2.45, 2.75) is 98.9 Å². The zero-order valence-electron chi connectivity index (χ0n) is 35.2. The number of hydrogen-bond donors (Lipinski definition) is 4. The Labute approximate surface area is 378 Å². The van der Waals surface area contributed by atoms with Crippen LogP contribution in [-0.2, 0) is 20.0 Å². The van der Waals surface area contributed by atoms with Gasteiger partial charge in [0.15, 0.2) is 0 Å². The van der Waals surface area contributed by atoms with Gasteiger partial charge in [-0.2, -0.15) is 0 Å². The quantitative estimate of drug-likeness (QED) is 0.0887. The molecule has 0 heterocycles. The van der Waals surface area contributed by atoms with Crippen molar-refractivity contribution in [2.24, 2.45) is 0 Å². The van der Waals surface area contributed by atoms with E-state index in [9.17, 15) is 26.4 Å². The first-order chi connectivity index (χ1) is 29.7. The average molecular weight is 978 g/mol. The van der Waals surface area contributed by atoms with E-state index in [4.69, 9.17) is 30.5 Å². The summed E-state index contributed by atoms with van der Waals surface area (Å²) < 4.78 is 79.2. The fourth-order valence-corrected chi connectivity index (χ4v) is 10.3. The summed E-state index contributed by atoms with van der Waals surface area (Å²) in [5.74, 6) is 0.269. The van der Waals surface area contributed by atoms with Gasteiger partial charge in [-0.25, -0.2) is 16.8 Å². The van der Waals surface area contributed by atoms with Crippen LogP contribution in [0, 0.1) is 0 Å². The summed E-state index contributed by atoms with van der Waals surface area (Å²) in [7, 11) is -2.47. The number of nitrogens with one attached hydrogen (secondary N) is 4. The lowest BCUT2D eigenvalue weighted by molar-refractivity contribution is 0.0924. The first kappa shape index (κ1) is 48.3. The molecule has 0 aromatic heterocycles. The van der Waals surface area contributed by atoms with E-state index in [1.165, 1.54) is 90.5 Å². The molecule has 0 atom stereocenters. The van der Waals surface area contributed by atoms with Crippen molar-refractivity contribution in [1.29, 1.82) is 0 Å². The lowest BCUT2D eigenvalue weighted by Crippen LogP contribution is -2.34. The Balaban J connectivity index is 0.000000236. The predicted molar refractivity (Wildman–Crippen MR) is 244 cm³/mol. The molecule has 2 aliphatic carbocycles. The Morgan fingerprint density at radius 1 is 0.548 bits per heavy atom. The van der Waals surface area contributed by atoms with Crippen molar-refractivity contribution >= 4 is 70.8 Å². The van der Waals surface area contributed by atoms with Gasteiger partial charge in [-0.3, -0.25) is 19.0 Å². The summed E-state index contributed by atoms with van der Waals surface area (Å²) in [5.41, 5.74) is 1.08.